The number of urea groups is 1. The third kappa shape index (κ3) is 3.61. The lowest BCUT2D eigenvalue weighted by molar-refractivity contribution is -0.141. The van der Waals surface area contributed by atoms with Crippen LogP contribution in [0.4, 0.5) is 4.79 Å². The largest absolute Gasteiger partial charge is 0.481 e. The van der Waals surface area contributed by atoms with Crippen LogP contribution in [0.3, 0.4) is 0 Å². The summed E-state index contributed by atoms with van der Waals surface area (Å²) in [6, 6.07) is -0.0786. The Morgan fingerprint density at radius 1 is 1.47 bits per heavy atom. The molecule has 1 aliphatic rings. The third-order valence-electron chi connectivity index (χ3n) is 3.42. The van der Waals surface area contributed by atoms with Gasteiger partial charge in [0.2, 0.25) is 0 Å². The molecule has 0 aliphatic carbocycles. The van der Waals surface area contributed by atoms with E-state index >= 15 is 0 Å². The minimum absolute atomic E-state index is 0.0786. The first-order chi connectivity index (χ1) is 7.84. The van der Waals surface area contributed by atoms with E-state index in [1.807, 2.05) is 4.90 Å². The summed E-state index contributed by atoms with van der Waals surface area (Å²) in [5.41, 5.74) is -0.0809. The molecule has 1 fully saturated rings. The molecule has 1 aliphatic heterocycles. The summed E-state index contributed by atoms with van der Waals surface area (Å²) in [5, 5.41) is 11.5. The van der Waals surface area contributed by atoms with Crippen molar-refractivity contribution in [2.75, 3.05) is 13.1 Å². The molecule has 0 spiro atoms. The van der Waals surface area contributed by atoms with Gasteiger partial charge in [0, 0.05) is 18.6 Å². The topological polar surface area (TPSA) is 69.6 Å². The molecule has 2 N–H and O–H groups in total. The highest BCUT2D eigenvalue weighted by Crippen LogP contribution is 2.27. The van der Waals surface area contributed by atoms with Gasteiger partial charge in [0.1, 0.15) is 0 Å². The highest BCUT2D eigenvalue weighted by Gasteiger charge is 2.35. The maximum Gasteiger partial charge on any atom is 0.317 e. The van der Waals surface area contributed by atoms with Crippen LogP contribution in [0.5, 0.6) is 0 Å². The van der Waals surface area contributed by atoms with Gasteiger partial charge in [-0.3, -0.25) is 4.79 Å². The second-order valence-corrected chi connectivity index (χ2v) is 5.33. The molecule has 1 unspecified atom stereocenters. The van der Waals surface area contributed by atoms with Crippen molar-refractivity contribution in [3.63, 3.8) is 0 Å². The highest BCUT2D eigenvalue weighted by atomic mass is 16.4. The summed E-state index contributed by atoms with van der Waals surface area (Å²) in [6.45, 7) is 6.96. The van der Waals surface area contributed by atoms with Crippen LogP contribution in [0.1, 0.15) is 40.0 Å². The Labute approximate surface area is 102 Å². The fraction of sp³-hybridized carbons (Fsp3) is 0.833. The number of carbonyl (C=O) groups excluding carboxylic acids is 1. The smallest absolute Gasteiger partial charge is 0.317 e. The summed E-state index contributed by atoms with van der Waals surface area (Å²) in [6.07, 6.45) is 2.52. The number of carbonyl (C=O) groups is 2. The Hall–Kier alpha value is -1.26. The van der Waals surface area contributed by atoms with Crippen LogP contribution in [-0.4, -0.2) is 40.6 Å². The van der Waals surface area contributed by atoms with Crippen LogP contribution in [-0.2, 0) is 4.79 Å². The van der Waals surface area contributed by atoms with E-state index in [9.17, 15) is 9.59 Å². The average molecular weight is 242 g/mol. The lowest BCUT2D eigenvalue weighted by Gasteiger charge is -2.31. The van der Waals surface area contributed by atoms with E-state index in [2.05, 4.69) is 19.2 Å². The number of hydrogen-bond donors (Lipinski definition) is 2. The van der Waals surface area contributed by atoms with E-state index in [0.717, 1.165) is 19.4 Å². The van der Waals surface area contributed by atoms with Crippen molar-refractivity contribution in [1.29, 1.82) is 0 Å². The lowest BCUT2D eigenvalue weighted by atomic mass is 10.0. The van der Waals surface area contributed by atoms with Crippen LogP contribution in [0.15, 0.2) is 0 Å². The number of amides is 2. The second kappa shape index (κ2) is 5.38. The number of nitrogens with zero attached hydrogens (tertiary/aromatic N) is 1. The van der Waals surface area contributed by atoms with Gasteiger partial charge in [-0.05, 0) is 33.1 Å². The Morgan fingerprint density at radius 3 is 2.59 bits per heavy atom. The maximum atomic E-state index is 11.9. The predicted molar refractivity (Wildman–Crippen MR) is 64.8 cm³/mol. The molecule has 1 heterocycles. The Bertz CT molecular complexity index is 302. The summed E-state index contributed by atoms with van der Waals surface area (Å²) in [4.78, 5) is 24.3. The van der Waals surface area contributed by atoms with Gasteiger partial charge in [-0.1, -0.05) is 6.92 Å². The van der Waals surface area contributed by atoms with Crippen LogP contribution in [0.25, 0.3) is 0 Å². The molecule has 0 aromatic heterocycles. The molecule has 2 amide bonds. The second-order valence-electron chi connectivity index (χ2n) is 5.33. The van der Waals surface area contributed by atoms with Crippen molar-refractivity contribution in [2.45, 2.75) is 45.6 Å². The quantitative estimate of drug-likeness (QED) is 0.788. The number of carboxylic acid groups (broad SMARTS) is 1. The molecule has 0 saturated carbocycles. The molecule has 0 aromatic carbocycles. The molecule has 1 rings (SSSR count). The number of carboxylic acids is 1. The van der Waals surface area contributed by atoms with E-state index in [1.165, 1.54) is 0 Å². The van der Waals surface area contributed by atoms with Gasteiger partial charge in [0.25, 0.3) is 0 Å². The van der Waals surface area contributed by atoms with Crippen molar-refractivity contribution in [3.05, 3.63) is 0 Å². The maximum absolute atomic E-state index is 11.9. The van der Waals surface area contributed by atoms with Crippen molar-refractivity contribution in [3.8, 4) is 0 Å². The summed E-state index contributed by atoms with van der Waals surface area (Å²) < 4.78 is 0. The van der Waals surface area contributed by atoms with Crippen molar-refractivity contribution >= 4 is 12.0 Å². The normalized spacial score (nSPS) is 20.1. The molecule has 0 bridgehead atoms. The van der Waals surface area contributed by atoms with Crippen LogP contribution in [0.2, 0.25) is 0 Å². The van der Waals surface area contributed by atoms with Crippen molar-refractivity contribution in [2.24, 2.45) is 5.92 Å². The van der Waals surface area contributed by atoms with E-state index in [-0.39, 0.29) is 11.6 Å². The first kappa shape index (κ1) is 13.8. The van der Waals surface area contributed by atoms with Crippen LogP contribution in [0, 0.1) is 5.92 Å². The molecule has 0 radical (unpaired) electrons. The van der Waals surface area contributed by atoms with Crippen LogP contribution >= 0.6 is 0 Å². The van der Waals surface area contributed by atoms with E-state index in [0.29, 0.717) is 13.0 Å². The summed E-state index contributed by atoms with van der Waals surface area (Å²) >= 11 is 0. The minimum atomic E-state index is -0.819. The monoisotopic (exact) mass is 242 g/mol. The Balaban J connectivity index is 2.33. The zero-order valence-corrected chi connectivity index (χ0v) is 10.8. The Kier molecular flexibility index (Phi) is 4.37. The number of hydrogen-bond acceptors (Lipinski definition) is 2. The number of likely N-dealkylation sites (tertiary alicyclic amines) is 1. The highest BCUT2D eigenvalue weighted by molar-refractivity contribution is 5.75. The fourth-order valence-corrected chi connectivity index (χ4v) is 2.10. The molecular weight excluding hydrogens is 220 g/mol. The number of nitrogens with one attached hydrogen (secondary N) is 1. The van der Waals surface area contributed by atoms with Gasteiger partial charge in [-0.15, -0.1) is 0 Å². The fourth-order valence-electron chi connectivity index (χ4n) is 2.10. The molecular formula is C12H22N2O3. The van der Waals surface area contributed by atoms with Crippen molar-refractivity contribution < 1.29 is 14.7 Å². The van der Waals surface area contributed by atoms with Crippen molar-refractivity contribution in [1.82, 2.24) is 10.2 Å². The predicted octanol–water partition coefficient (Wildman–Crippen LogP) is 1.68. The summed E-state index contributed by atoms with van der Waals surface area (Å²) in [7, 11) is 0. The van der Waals surface area contributed by atoms with Gasteiger partial charge in [-0.25, -0.2) is 4.79 Å². The average Bonchev–Trinajstić information content (AvgIpc) is 2.57. The third-order valence-corrected chi connectivity index (χ3v) is 3.42. The molecule has 1 atom stereocenters. The number of rotatable bonds is 4. The van der Waals surface area contributed by atoms with Gasteiger partial charge in [0.05, 0.1) is 5.92 Å². The van der Waals surface area contributed by atoms with Gasteiger partial charge >= 0.3 is 12.0 Å². The Morgan fingerprint density at radius 2 is 2.12 bits per heavy atom. The van der Waals surface area contributed by atoms with E-state index in [1.54, 1.807) is 6.92 Å². The molecule has 5 nitrogen and oxygen atoms in total. The lowest BCUT2D eigenvalue weighted by Crippen LogP contribution is -2.48. The molecule has 5 heteroatoms. The summed E-state index contributed by atoms with van der Waals surface area (Å²) in [5.74, 6) is -1.23. The molecule has 17 heavy (non-hydrogen) atoms. The number of aliphatic carboxylic acids is 1. The first-order valence-corrected chi connectivity index (χ1v) is 6.13. The first-order valence-electron chi connectivity index (χ1n) is 6.13. The standard InChI is InChI=1S/C12H22N2O3/c1-9(10(15)16)5-7-13-11(17)14-8-4-6-12(14,2)3/h9H,4-8H2,1-3H3,(H,13,17)(H,15,16). The van der Waals surface area contributed by atoms with Gasteiger partial charge < -0.3 is 15.3 Å². The van der Waals surface area contributed by atoms with Crippen LogP contribution < -0.4 is 5.32 Å². The SMILES string of the molecule is CC(CCNC(=O)N1CCCC1(C)C)C(=O)O. The zero-order valence-electron chi connectivity index (χ0n) is 10.8. The van der Waals surface area contributed by atoms with Gasteiger partial charge in [-0.2, -0.15) is 0 Å². The minimum Gasteiger partial charge on any atom is -0.481 e. The zero-order chi connectivity index (χ0) is 13.1. The molecule has 0 aromatic rings. The molecule has 1 saturated heterocycles. The molecule has 98 valence electrons. The van der Waals surface area contributed by atoms with Gasteiger partial charge in [0.15, 0.2) is 0 Å². The van der Waals surface area contributed by atoms with E-state index < -0.39 is 11.9 Å². The van der Waals surface area contributed by atoms with E-state index in [4.69, 9.17) is 5.11 Å².